The topological polar surface area (TPSA) is 96.0 Å². The molecule has 0 heterocycles. The lowest BCUT2D eigenvalue weighted by Crippen LogP contribution is -2.52. The number of nitrogens with one attached hydrogen (secondary N) is 1. The second-order valence-corrected chi connectivity index (χ2v) is 12.7. The lowest BCUT2D eigenvalue weighted by molar-refractivity contribution is -0.140. The molecule has 0 saturated heterocycles. The summed E-state index contributed by atoms with van der Waals surface area (Å²) < 4.78 is 35.4. The van der Waals surface area contributed by atoms with Gasteiger partial charge in [-0.05, 0) is 80.8 Å². The van der Waals surface area contributed by atoms with Crippen LogP contribution in [-0.2, 0) is 26.2 Å². The predicted octanol–water partition coefficient (Wildman–Crippen LogP) is 6.08. The van der Waals surface area contributed by atoms with Crippen molar-refractivity contribution < 1.29 is 22.7 Å². The Morgan fingerprint density at radius 1 is 0.976 bits per heavy atom. The van der Waals surface area contributed by atoms with Crippen LogP contribution in [0.3, 0.4) is 0 Å². The minimum atomic E-state index is -4.15. The summed E-state index contributed by atoms with van der Waals surface area (Å²) in [5, 5.41) is 2.95. The molecule has 0 aliphatic carbocycles. The van der Waals surface area contributed by atoms with E-state index < -0.39 is 28.5 Å². The minimum Gasteiger partial charge on any atom is -0.494 e. The summed E-state index contributed by atoms with van der Waals surface area (Å²) in [5.41, 5.74) is 2.19. The molecule has 3 rings (SSSR count). The van der Waals surface area contributed by atoms with Gasteiger partial charge in [0.25, 0.3) is 10.0 Å². The third-order valence-corrected chi connectivity index (χ3v) is 9.08. The number of ether oxygens (including phenoxy) is 1. The van der Waals surface area contributed by atoms with Gasteiger partial charge in [-0.15, -0.1) is 0 Å². The molecule has 0 aliphatic heterocycles. The van der Waals surface area contributed by atoms with Crippen LogP contribution in [0, 0.1) is 6.92 Å². The highest BCUT2D eigenvalue weighted by atomic mass is 79.9. The van der Waals surface area contributed by atoms with Crippen LogP contribution in [0.15, 0.2) is 82.2 Å². The average molecular weight is 659 g/mol. The first-order chi connectivity index (χ1) is 20.1. The van der Waals surface area contributed by atoms with Crippen LogP contribution < -0.4 is 14.4 Å². The number of hydrogen-bond donors (Lipinski definition) is 1. The number of rotatable bonds is 15. The zero-order valence-electron chi connectivity index (χ0n) is 24.7. The largest absolute Gasteiger partial charge is 0.494 e. The van der Waals surface area contributed by atoms with Gasteiger partial charge in [-0.2, -0.15) is 0 Å². The van der Waals surface area contributed by atoms with Crippen LogP contribution in [-0.4, -0.2) is 50.9 Å². The third-order valence-electron chi connectivity index (χ3n) is 6.77. The van der Waals surface area contributed by atoms with Crippen LogP contribution in [0.4, 0.5) is 5.69 Å². The Balaban J connectivity index is 2.04. The van der Waals surface area contributed by atoms with E-state index in [-0.39, 0.29) is 17.3 Å². The van der Waals surface area contributed by atoms with Crippen LogP contribution in [0.25, 0.3) is 0 Å². The first-order valence-electron chi connectivity index (χ1n) is 14.2. The molecule has 8 nitrogen and oxygen atoms in total. The van der Waals surface area contributed by atoms with Gasteiger partial charge >= 0.3 is 0 Å². The fourth-order valence-corrected chi connectivity index (χ4v) is 6.25. The second kappa shape index (κ2) is 15.7. The molecule has 42 heavy (non-hydrogen) atoms. The van der Waals surface area contributed by atoms with E-state index in [1.165, 1.54) is 17.0 Å². The molecule has 0 aliphatic rings. The number of halogens is 1. The maximum Gasteiger partial charge on any atom is 0.264 e. The van der Waals surface area contributed by atoms with Gasteiger partial charge in [0.05, 0.1) is 17.2 Å². The van der Waals surface area contributed by atoms with Gasteiger partial charge < -0.3 is 15.0 Å². The van der Waals surface area contributed by atoms with E-state index in [1.54, 1.807) is 36.4 Å². The van der Waals surface area contributed by atoms with Crippen LogP contribution in [0.2, 0.25) is 0 Å². The normalized spacial score (nSPS) is 11.9. The predicted molar refractivity (Wildman–Crippen MR) is 170 cm³/mol. The molecule has 2 amide bonds. The lowest BCUT2D eigenvalue weighted by atomic mass is 10.1. The lowest BCUT2D eigenvalue weighted by Gasteiger charge is -2.33. The van der Waals surface area contributed by atoms with Crippen molar-refractivity contribution in [2.75, 3.05) is 24.0 Å². The van der Waals surface area contributed by atoms with Crippen molar-refractivity contribution in [2.45, 2.75) is 64.4 Å². The van der Waals surface area contributed by atoms with Crippen molar-refractivity contribution in [3.63, 3.8) is 0 Å². The molecule has 0 saturated carbocycles. The number of nitrogens with zero attached hydrogens (tertiary/aromatic N) is 2. The zero-order chi connectivity index (χ0) is 30.7. The summed E-state index contributed by atoms with van der Waals surface area (Å²) in [6.07, 6.45) is 2.12. The molecule has 0 fully saturated rings. The first-order valence-corrected chi connectivity index (χ1v) is 16.5. The van der Waals surface area contributed by atoms with E-state index in [1.807, 2.05) is 52.0 Å². The Hall–Kier alpha value is -3.37. The quantitative estimate of drug-likeness (QED) is 0.200. The SMILES string of the molecule is CCCCNC(=O)[C@H](CC)N(Cc1cccc(C)c1)C(=O)CN(c1ccc(OCC)cc1)S(=O)(=O)c1ccc(Br)cc1. The Labute approximate surface area is 258 Å². The van der Waals surface area contributed by atoms with Crippen molar-refractivity contribution in [1.29, 1.82) is 0 Å². The Morgan fingerprint density at radius 2 is 1.67 bits per heavy atom. The Morgan fingerprint density at radius 3 is 2.26 bits per heavy atom. The summed E-state index contributed by atoms with van der Waals surface area (Å²) in [6.45, 7) is 8.36. The molecular weight excluding hydrogens is 618 g/mol. The van der Waals surface area contributed by atoms with Crippen molar-refractivity contribution in [3.8, 4) is 5.75 Å². The van der Waals surface area contributed by atoms with E-state index in [0.717, 1.165) is 32.7 Å². The molecule has 0 unspecified atom stereocenters. The number of aryl methyl sites for hydroxylation is 1. The summed E-state index contributed by atoms with van der Waals surface area (Å²) >= 11 is 3.35. The van der Waals surface area contributed by atoms with Crippen LogP contribution >= 0.6 is 15.9 Å². The second-order valence-electron chi connectivity index (χ2n) is 9.97. The maximum absolute atomic E-state index is 14.2. The molecule has 0 spiro atoms. The molecule has 10 heteroatoms. The van der Waals surface area contributed by atoms with Crippen LogP contribution in [0.1, 0.15) is 51.2 Å². The van der Waals surface area contributed by atoms with E-state index in [2.05, 4.69) is 21.2 Å². The molecule has 0 bridgehead atoms. The molecule has 1 N–H and O–H groups in total. The number of anilines is 1. The van der Waals surface area contributed by atoms with E-state index in [9.17, 15) is 18.0 Å². The van der Waals surface area contributed by atoms with Gasteiger partial charge in [0.1, 0.15) is 18.3 Å². The Kier molecular flexibility index (Phi) is 12.4. The van der Waals surface area contributed by atoms with E-state index >= 15 is 0 Å². The van der Waals surface area contributed by atoms with Crippen molar-refractivity contribution in [1.82, 2.24) is 10.2 Å². The zero-order valence-corrected chi connectivity index (χ0v) is 27.1. The minimum absolute atomic E-state index is 0.0435. The standard InChI is InChI=1S/C32H40BrN3O5S/c1-5-8-20-34-32(38)30(6-2)35(22-25-11-9-10-24(4)21-25)31(37)23-36(27-14-16-28(17-15-27)41-7-3)42(39,40)29-18-12-26(33)13-19-29/h9-19,21,30H,5-8,20,22-23H2,1-4H3,(H,34,38)/t30-/m0/s1. The van der Waals surface area contributed by atoms with Crippen molar-refractivity contribution >= 4 is 43.5 Å². The summed E-state index contributed by atoms with van der Waals surface area (Å²) in [5.74, 6) is -0.150. The highest BCUT2D eigenvalue weighted by Gasteiger charge is 2.33. The van der Waals surface area contributed by atoms with Gasteiger partial charge in [0, 0.05) is 17.6 Å². The molecule has 3 aromatic rings. The highest BCUT2D eigenvalue weighted by Crippen LogP contribution is 2.27. The fraction of sp³-hybridized carbons (Fsp3) is 0.375. The number of unbranched alkanes of at least 4 members (excludes halogenated alkanes) is 1. The van der Waals surface area contributed by atoms with E-state index in [4.69, 9.17) is 4.74 Å². The molecule has 0 aromatic heterocycles. The number of benzene rings is 3. The third kappa shape index (κ3) is 8.82. The Bertz CT molecular complexity index is 1430. The highest BCUT2D eigenvalue weighted by molar-refractivity contribution is 9.10. The number of sulfonamides is 1. The monoisotopic (exact) mass is 657 g/mol. The maximum atomic E-state index is 14.2. The molecule has 0 radical (unpaired) electrons. The summed E-state index contributed by atoms with van der Waals surface area (Å²) in [4.78, 5) is 29.0. The summed E-state index contributed by atoms with van der Waals surface area (Å²) in [7, 11) is -4.15. The first kappa shape index (κ1) is 33.1. The number of carbonyl (C=O) groups is 2. The fourth-order valence-electron chi connectivity index (χ4n) is 4.57. The van der Waals surface area contributed by atoms with Gasteiger partial charge in [-0.25, -0.2) is 8.42 Å². The number of carbonyl (C=O) groups excluding carboxylic acids is 2. The molecule has 226 valence electrons. The molecule has 1 atom stereocenters. The average Bonchev–Trinajstić information content (AvgIpc) is 2.96. The van der Waals surface area contributed by atoms with Gasteiger partial charge in [0.15, 0.2) is 0 Å². The molecular formula is C32H40BrN3O5S. The van der Waals surface area contributed by atoms with Gasteiger partial charge in [-0.1, -0.05) is 66.0 Å². The van der Waals surface area contributed by atoms with Crippen molar-refractivity contribution in [3.05, 3.63) is 88.4 Å². The summed E-state index contributed by atoms with van der Waals surface area (Å²) in [6, 6.07) is 19.8. The number of amides is 2. The smallest absolute Gasteiger partial charge is 0.264 e. The molecule has 3 aromatic carbocycles. The van der Waals surface area contributed by atoms with Crippen LogP contribution in [0.5, 0.6) is 5.75 Å². The van der Waals surface area contributed by atoms with E-state index in [0.29, 0.717) is 31.0 Å². The van der Waals surface area contributed by atoms with Crippen molar-refractivity contribution in [2.24, 2.45) is 0 Å². The van der Waals surface area contributed by atoms with Gasteiger partial charge in [-0.3, -0.25) is 13.9 Å². The number of hydrogen-bond acceptors (Lipinski definition) is 5. The van der Waals surface area contributed by atoms with Gasteiger partial charge in [0.2, 0.25) is 11.8 Å².